The molecule has 0 atom stereocenters. The number of ketones is 1. The molecule has 12 heteroatoms. The van der Waals surface area contributed by atoms with Gasteiger partial charge < -0.3 is 10.1 Å². The number of carbonyl (C=O) groups is 2. The lowest BCUT2D eigenvalue weighted by Gasteiger charge is -2.37. The number of benzene rings is 2. The predicted molar refractivity (Wildman–Crippen MR) is 156 cm³/mol. The second kappa shape index (κ2) is 11.8. The Kier molecular flexibility index (Phi) is 8.16. The van der Waals surface area contributed by atoms with Crippen LogP contribution in [0.1, 0.15) is 22.8 Å². The topological polar surface area (TPSA) is 119 Å². The van der Waals surface area contributed by atoms with Gasteiger partial charge in [0, 0.05) is 67.2 Å². The van der Waals surface area contributed by atoms with Crippen molar-refractivity contribution in [1.29, 1.82) is 0 Å². The summed E-state index contributed by atoms with van der Waals surface area (Å²) in [6.07, 6.45) is 3.08. The number of halogens is 2. The zero-order chi connectivity index (χ0) is 29.3. The lowest BCUT2D eigenvalue weighted by atomic mass is 9.96. The van der Waals surface area contributed by atoms with E-state index in [1.807, 2.05) is 6.07 Å². The SMILES string of the molecule is COc1nc(-c2cccc(-c3cccc(NC(=O)c4ccnn(C)c4=O)c3Cl)c2Cl)ncc1CN1CC(C(C)=O)C1. The second-order valence-electron chi connectivity index (χ2n) is 9.69. The van der Waals surface area contributed by atoms with E-state index in [1.54, 1.807) is 50.6 Å². The molecule has 1 aliphatic heterocycles. The molecule has 0 saturated carbocycles. The van der Waals surface area contributed by atoms with Crippen LogP contribution in [0.3, 0.4) is 0 Å². The molecule has 5 rings (SSSR count). The number of ether oxygens (including phenoxy) is 1. The third kappa shape index (κ3) is 5.72. The molecule has 0 radical (unpaired) electrons. The summed E-state index contributed by atoms with van der Waals surface area (Å²) in [5, 5.41) is 7.16. The maximum absolute atomic E-state index is 12.8. The zero-order valence-electron chi connectivity index (χ0n) is 22.5. The number of anilines is 1. The Hall–Kier alpha value is -4.12. The summed E-state index contributed by atoms with van der Waals surface area (Å²) in [7, 11) is 3.01. The molecule has 1 amide bonds. The molecule has 2 aromatic carbocycles. The summed E-state index contributed by atoms with van der Waals surface area (Å²) in [5.74, 6) is 0.457. The molecule has 210 valence electrons. The molecule has 0 unspecified atom stereocenters. The Labute approximate surface area is 245 Å². The van der Waals surface area contributed by atoms with Crippen molar-refractivity contribution in [2.75, 3.05) is 25.5 Å². The number of methoxy groups -OCH3 is 1. The van der Waals surface area contributed by atoms with Gasteiger partial charge in [0.2, 0.25) is 5.88 Å². The van der Waals surface area contributed by atoms with E-state index in [4.69, 9.17) is 27.9 Å². The Bertz CT molecular complexity index is 1720. The van der Waals surface area contributed by atoms with Gasteiger partial charge in [-0.25, -0.2) is 9.67 Å². The summed E-state index contributed by atoms with van der Waals surface area (Å²) < 4.78 is 6.63. The van der Waals surface area contributed by atoms with Crippen molar-refractivity contribution in [3.8, 4) is 28.4 Å². The van der Waals surface area contributed by atoms with Crippen LogP contribution in [0.25, 0.3) is 22.5 Å². The number of amides is 1. The Morgan fingerprint density at radius 2 is 1.73 bits per heavy atom. The van der Waals surface area contributed by atoms with Gasteiger partial charge in [-0.3, -0.25) is 19.3 Å². The van der Waals surface area contributed by atoms with E-state index in [1.165, 1.54) is 19.3 Å². The van der Waals surface area contributed by atoms with Gasteiger partial charge in [0.1, 0.15) is 11.3 Å². The molecule has 10 nitrogen and oxygen atoms in total. The molecule has 2 aromatic heterocycles. The molecule has 4 aromatic rings. The van der Waals surface area contributed by atoms with E-state index in [2.05, 4.69) is 25.3 Å². The first-order valence-corrected chi connectivity index (χ1v) is 13.5. The van der Waals surface area contributed by atoms with E-state index in [0.29, 0.717) is 58.7 Å². The van der Waals surface area contributed by atoms with Crippen molar-refractivity contribution in [3.63, 3.8) is 0 Å². The summed E-state index contributed by atoms with van der Waals surface area (Å²) in [5.41, 5.74) is 2.27. The number of aromatic nitrogens is 4. The van der Waals surface area contributed by atoms with Crippen LogP contribution >= 0.6 is 23.2 Å². The van der Waals surface area contributed by atoms with E-state index in [0.717, 1.165) is 10.2 Å². The maximum atomic E-state index is 12.8. The summed E-state index contributed by atoms with van der Waals surface area (Å²) >= 11 is 13.6. The van der Waals surface area contributed by atoms with E-state index in [9.17, 15) is 14.4 Å². The molecule has 0 spiro atoms. The monoisotopic (exact) mass is 592 g/mol. The number of carbonyl (C=O) groups excluding carboxylic acids is 2. The number of rotatable bonds is 8. The van der Waals surface area contributed by atoms with Gasteiger partial charge in [-0.2, -0.15) is 10.1 Å². The maximum Gasteiger partial charge on any atom is 0.279 e. The van der Waals surface area contributed by atoms with Gasteiger partial charge in [0.15, 0.2) is 5.82 Å². The van der Waals surface area contributed by atoms with Crippen molar-refractivity contribution in [3.05, 3.63) is 86.4 Å². The molecule has 41 heavy (non-hydrogen) atoms. The van der Waals surface area contributed by atoms with Gasteiger partial charge in [-0.05, 0) is 25.1 Å². The van der Waals surface area contributed by atoms with Crippen molar-refractivity contribution < 1.29 is 14.3 Å². The lowest BCUT2D eigenvalue weighted by Crippen LogP contribution is -2.49. The fourth-order valence-corrected chi connectivity index (χ4v) is 5.21. The highest BCUT2D eigenvalue weighted by Crippen LogP contribution is 2.41. The van der Waals surface area contributed by atoms with E-state index >= 15 is 0 Å². The van der Waals surface area contributed by atoms with Crippen LogP contribution in [0.5, 0.6) is 5.88 Å². The molecular weight excluding hydrogens is 567 g/mol. The zero-order valence-corrected chi connectivity index (χ0v) is 24.0. The van der Waals surface area contributed by atoms with Crippen molar-refractivity contribution >= 4 is 40.6 Å². The minimum atomic E-state index is -0.609. The number of hydrogen-bond acceptors (Lipinski definition) is 8. The van der Waals surface area contributed by atoms with Gasteiger partial charge in [-0.15, -0.1) is 0 Å². The molecule has 1 saturated heterocycles. The van der Waals surface area contributed by atoms with Gasteiger partial charge >= 0.3 is 0 Å². The molecule has 1 N–H and O–H groups in total. The predicted octanol–water partition coefficient (Wildman–Crippen LogP) is 4.49. The first kappa shape index (κ1) is 28.4. The molecule has 1 fully saturated rings. The standard InChI is InChI=1S/C29H26Cl2N6O4/c1-16(38)18-14-37(15-18)13-17-12-32-26(35-28(17)41-3)21-8-4-6-19(24(21)30)20-7-5-9-23(25(20)31)34-27(39)22-10-11-33-36(2)29(22)40/h4-12,18H,13-15H2,1-3H3,(H,34,39). The molecule has 0 bridgehead atoms. The molecule has 0 aliphatic carbocycles. The fraction of sp³-hybridized carbons (Fsp3) is 0.241. The molecular formula is C29H26Cl2N6O4. The average Bonchev–Trinajstić information content (AvgIpc) is 2.93. The van der Waals surface area contributed by atoms with Crippen molar-refractivity contribution in [1.82, 2.24) is 24.6 Å². The normalized spacial score (nSPS) is 13.5. The summed E-state index contributed by atoms with van der Waals surface area (Å²) in [4.78, 5) is 48.0. The number of likely N-dealkylation sites (tertiary alicyclic amines) is 1. The van der Waals surface area contributed by atoms with Crippen LogP contribution in [0.2, 0.25) is 10.0 Å². The number of nitrogens with one attached hydrogen (secondary N) is 1. The smallest absolute Gasteiger partial charge is 0.279 e. The van der Waals surface area contributed by atoms with Crippen LogP contribution in [-0.4, -0.2) is 56.5 Å². The lowest BCUT2D eigenvalue weighted by molar-refractivity contribution is -0.126. The quantitative estimate of drug-likeness (QED) is 0.318. The summed E-state index contributed by atoms with van der Waals surface area (Å²) in [6.45, 7) is 3.59. The van der Waals surface area contributed by atoms with Crippen LogP contribution in [0.15, 0.2) is 59.7 Å². The van der Waals surface area contributed by atoms with E-state index < -0.39 is 11.5 Å². The highest BCUT2D eigenvalue weighted by Gasteiger charge is 2.31. The van der Waals surface area contributed by atoms with Crippen LogP contribution < -0.4 is 15.6 Å². The van der Waals surface area contributed by atoms with Crippen molar-refractivity contribution in [2.45, 2.75) is 13.5 Å². The molecule has 3 heterocycles. The van der Waals surface area contributed by atoms with Crippen LogP contribution in [0.4, 0.5) is 5.69 Å². The minimum absolute atomic E-state index is 0.0636. The van der Waals surface area contributed by atoms with Crippen LogP contribution in [-0.2, 0) is 18.4 Å². The second-order valence-corrected chi connectivity index (χ2v) is 10.4. The Morgan fingerprint density at radius 1 is 1.05 bits per heavy atom. The average molecular weight is 593 g/mol. The first-order chi connectivity index (χ1) is 19.7. The minimum Gasteiger partial charge on any atom is -0.481 e. The summed E-state index contributed by atoms with van der Waals surface area (Å²) in [6, 6.07) is 11.9. The highest BCUT2D eigenvalue weighted by atomic mass is 35.5. The first-order valence-electron chi connectivity index (χ1n) is 12.7. The van der Waals surface area contributed by atoms with Gasteiger partial charge in [0.05, 0.1) is 22.8 Å². The number of hydrogen-bond donors (Lipinski definition) is 1. The van der Waals surface area contributed by atoms with Crippen LogP contribution in [0, 0.1) is 5.92 Å². The number of Topliss-reactive ketones (excluding diaryl/α,β-unsaturated/α-hetero) is 1. The molecule has 1 aliphatic rings. The highest BCUT2D eigenvalue weighted by molar-refractivity contribution is 6.39. The Balaban J connectivity index is 1.42. The third-order valence-corrected chi connectivity index (χ3v) is 7.79. The third-order valence-electron chi connectivity index (χ3n) is 6.97. The number of nitrogens with zero attached hydrogens (tertiary/aromatic N) is 5. The van der Waals surface area contributed by atoms with Gasteiger partial charge in [-0.1, -0.05) is 47.5 Å². The van der Waals surface area contributed by atoms with Crippen molar-refractivity contribution in [2.24, 2.45) is 13.0 Å². The van der Waals surface area contributed by atoms with E-state index in [-0.39, 0.29) is 22.3 Å². The fourth-order valence-electron chi connectivity index (χ4n) is 4.62. The van der Waals surface area contributed by atoms with Gasteiger partial charge in [0.25, 0.3) is 11.5 Å². The number of aryl methyl sites for hydroxylation is 1. The Morgan fingerprint density at radius 3 is 2.44 bits per heavy atom. The largest absolute Gasteiger partial charge is 0.481 e.